The van der Waals surface area contributed by atoms with Crippen LogP contribution in [0.5, 0.6) is 5.75 Å². The van der Waals surface area contributed by atoms with E-state index in [1.165, 1.54) is 0 Å². The van der Waals surface area contributed by atoms with Crippen LogP contribution in [-0.2, 0) is 13.6 Å². The number of hydrogen-bond acceptors (Lipinski definition) is 5. The van der Waals surface area contributed by atoms with Crippen LogP contribution in [0.2, 0.25) is 5.15 Å². The molecule has 0 atom stereocenters. The molecule has 3 rings (SSSR count). The molecule has 1 fully saturated rings. The van der Waals surface area contributed by atoms with Crippen molar-refractivity contribution in [2.75, 3.05) is 38.2 Å². The molecule has 3 heterocycles. The van der Waals surface area contributed by atoms with Gasteiger partial charge in [0.2, 0.25) is 0 Å². The fraction of sp³-hybridized carbons (Fsp3) is 0.467. The first-order valence-electron chi connectivity index (χ1n) is 7.30. The summed E-state index contributed by atoms with van der Waals surface area (Å²) in [6.45, 7) is 4.73. The molecule has 118 valence electrons. The van der Waals surface area contributed by atoms with Crippen molar-refractivity contribution in [3.05, 3.63) is 35.6 Å². The number of hydrogen-bond donors (Lipinski definition) is 0. The summed E-state index contributed by atoms with van der Waals surface area (Å²) in [5.74, 6) is 1.80. The summed E-state index contributed by atoms with van der Waals surface area (Å²) in [6.07, 6.45) is 5.32. The van der Waals surface area contributed by atoms with Crippen molar-refractivity contribution in [1.29, 1.82) is 0 Å². The topological polar surface area (TPSA) is 46.4 Å². The Morgan fingerprint density at radius 2 is 1.95 bits per heavy atom. The van der Waals surface area contributed by atoms with Gasteiger partial charge >= 0.3 is 0 Å². The molecule has 6 nitrogen and oxygen atoms in total. The molecule has 2 aromatic heterocycles. The summed E-state index contributed by atoms with van der Waals surface area (Å²) in [5.41, 5.74) is 1.11. The molecule has 0 saturated carbocycles. The molecule has 2 aromatic rings. The van der Waals surface area contributed by atoms with E-state index in [9.17, 15) is 0 Å². The molecule has 1 aliphatic heterocycles. The number of pyridine rings is 1. The molecule has 0 amide bonds. The minimum atomic E-state index is 0.677. The lowest BCUT2D eigenvalue weighted by molar-refractivity contribution is 0.241. The van der Waals surface area contributed by atoms with E-state index in [4.69, 9.17) is 16.3 Å². The van der Waals surface area contributed by atoms with Crippen LogP contribution in [0.3, 0.4) is 0 Å². The maximum Gasteiger partial charge on any atom is 0.139 e. The monoisotopic (exact) mass is 321 g/mol. The van der Waals surface area contributed by atoms with E-state index in [1.54, 1.807) is 19.5 Å². The minimum Gasteiger partial charge on any atom is -0.495 e. The first-order valence-corrected chi connectivity index (χ1v) is 7.67. The molecule has 0 unspecified atom stereocenters. The van der Waals surface area contributed by atoms with Crippen LogP contribution in [-0.4, -0.2) is 52.7 Å². The second-order valence-corrected chi connectivity index (χ2v) is 5.79. The smallest absolute Gasteiger partial charge is 0.139 e. The highest BCUT2D eigenvalue weighted by atomic mass is 35.5. The quantitative estimate of drug-likeness (QED) is 0.859. The molecular formula is C15H20ClN5O. The average molecular weight is 322 g/mol. The van der Waals surface area contributed by atoms with Gasteiger partial charge in [0.1, 0.15) is 16.7 Å². The Morgan fingerprint density at radius 3 is 2.59 bits per heavy atom. The highest BCUT2D eigenvalue weighted by Gasteiger charge is 2.19. The number of aromatic nitrogens is 3. The molecule has 0 aromatic carbocycles. The van der Waals surface area contributed by atoms with E-state index in [-0.39, 0.29) is 0 Å². The van der Waals surface area contributed by atoms with E-state index in [2.05, 4.69) is 19.8 Å². The molecule has 7 heteroatoms. The number of rotatable bonds is 4. The normalized spacial score (nSPS) is 16.0. The van der Waals surface area contributed by atoms with Gasteiger partial charge in [0.25, 0.3) is 0 Å². The fourth-order valence-electron chi connectivity index (χ4n) is 2.63. The van der Waals surface area contributed by atoms with Gasteiger partial charge in [-0.25, -0.2) is 4.98 Å². The Kier molecular flexibility index (Phi) is 4.49. The number of piperazine rings is 1. The van der Waals surface area contributed by atoms with Crippen LogP contribution in [0.25, 0.3) is 0 Å². The molecule has 0 bridgehead atoms. The molecule has 0 aliphatic carbocycles. The SMILES string of the molecule is COc1cncc(N2CCN(Cc3ncc(Cl)n3C)CC2)c1. The van der Waals surface area contributed by atoms with Crippen LogP contribution in [0, 0.1) is 0 Å². The first-order chi connectivity index (χ1) is 10.7. The largest absolute Gasteiger partial charge is 0.495 e. The summed E-state index contributed by atoms with van der Waals surface area (Å²) in [7, 11) is 3.61. The van der Waals surface area contributed by atoms with Gasteiger partial charge in [-0.1, -0.05) is 11.6 Å². The van der Waals surface area contributed by atoms with Gasteiger partial charge < -0.3 is 14.2 Å². The summed E-state index contributed by atoms with van der Waals surface area (Å²) in [6, 6.07) is 2.03. The van der Waals surface area contributed by atoms with Gasteiger partial charge in [-0.3, -0.25) is 9.88 Å². The third-order valence-electron chi connectivity index (χ3n) is 4.06. The lowest BCUT2D eigenvalue weighted by Crippen LogP contribution is -2.46. The van der Waals surface area contributed by atoms with Crippen molar-refractivity contribution in [1.82, 2.24) is 19.4 Å². The van der Waals surface area contributed by atoms with Gasteiger partial charge in [0.05, 0.1) is 37.9 Å². The Morgan fingerprint density at radius 1 is 1.18 bits per heavy atom. The second-order valence-electron chi connectivity index (χ2n) is 5.40. The summed E-state index contributed by atoms with van der Waals surface area (Å²) >= 11 is 6.03. The van der Waals surface area contributed by atoms with Gasteiger partial charge in [-0.2, -0.15) is 0 Å². The van der Waals surface area contributed by atoms with Crippen LogP contribution in [0.15, 0.2) is 24.7 Å². The molecule has 0 radical (unpaired) electrons. The lowest BCUT2D eigenvalue weighted by atomic mass is 10.2. The standard InChI is InChI=1S/C15H20ClN5O/c1-19-14(16)10-18-15(19)11-20-3-5-21(6-4-20)12-7-13(22-2)9-17-8-12/h7-10H,3-6,11H2,1-2H3. The molecule has 0 N–H and O–H groups in total. The Hall–Kier alpha value is -1.79. The van der Waals surface area contributed by atoms with Crippen LogP contribution in [0.4, 0.5) is 5.69 Å². The predicted octanol–water partition coefficient (Wildman–Crippen LogP) is 1.80. The van der Waals surface area contributed by atoms with Crippen molar-refractivity contribution in [2.45, 2.75) is 6.54 Å². The third-order valence-corrected chi connectivity index (χ3v) is 4.42. The van der Waals surface area contributed by atoms with Gasteiger partial charge in [-0.15, -0.1) is 0 Å². The minimum absolute atomic E-state index is 0.677. The highest BCUT2D eigenvalue weighted by Crippen LogP contribution is 2.21. The molecule has 1 saturated heterocycles. The van der Waals surface area contributed by atoms with Crippen molar-refractivity contribution < 1.29 is 4.74 Å². The number of imidazole rings is 1. The third kappa shape index (κ3) is 3.18. The zero-order valence-electron chi connectivity index (χ0n) is 12.9. The zero-order valence-corrected chi connectivity index (χ0v) is 13.6. The van der Waals surface area contributed by atoms with Gasteiger partial charge in [0, 0.05) is 39.3 Å². The van der Waals surface area contributed by atoms with Crippen LogP contribution in [0.1, 0.15) is 5.82 Å². The number of anilines is 1. The number of methoxy groups -OCH3 is 1. The van der Waals surface area contributed by atoms with Crippen molar-refractivity contribution in [3.63, 3.8) is 0 Å². The Labute approximate surface area is 135 Å². The van der Waals surface area contributed by atoms with Crippen LogP contribution < -0.4 is 9.64 Å². The maximum absolute atomic E-state index is 6.03. The van der Waals surface area contributed by atoms with E-state index >= 15 is 0 Å². The second kappa shape index (κ2) is 6.54. The summed E-state index contributed by atoms with van der Waals surface area (Å²) in [5, 5.41) is 0.677. The van der Waals surface area contributed by atoms with E-state index in [1.807, 2.05) is 23.9 Å². The molecule has 0 spiro atoms. The van der Waals surface area contributed by atoms with Gasteiger partial charge in [0.15, 0.2) is 0 Å². The fourth-order valence-corrected chi connectivity index (χ4v) is 2.77. The van der Waals surface area contributed by atoms with E-state index < -0.39 is 0 Å². The maximum atomic E-state index is 6.03. The molecule has 22 heavy (non-hydrogen) atoms. The van der Waals surface area contributed by atoms with Crippen molar-refractivity contribution in [3.8, 4) is 5.75 Å². The lowest BCUT2D eigenvalue weighted by Gasteiger charge is -2.35. The number of nitrogens with zero attached hydrogens (tertiary/aromatic N) is 5. The Balaban J connectivity index is 1.59. The summed E-state index contributed by atoms with van der Waals surface area (Å²) < 4.78 is 7.17. The number of ether oxygens (including phenoxy) is 1. The van der Waals surface area contributed by atoms with Gasteiger partial charge in [-0.05, 0) is 0 Å². The Bertz CT molecular complexity index is 637. The average Bonchev–Trinajstić information content (AvgIpc) is 2.88. The predicted molar refractivity (Wildman–Crippen MR) is 86.5 cm³/mol. The van der Waals surface area contributed by atoms with Crippen molar-refractivity contribution >= 4 is 17.3 Å². The molecular weight excluding hydrogens is 302 g/mol. The zero-order chi connectivity index (χ0) is 15.5. The van der Waals surface area contributed by atoms with Crippen molar-refractivity contribution in [2.24, 2.45) is 7.05 Å². The van der Waals surface area contributed by atoms with E-state index in [0.717, 1.165) is 50.0 Å². The highest BCUT2D eigenvalue weighted by molar-refractivity contribution is 6.29. The van der Waals surface area contributed by atoms with Crippen LogP contribution >= 0.6 is 11.6 Å². The first kappa shape index (κ1) is 15.1. The molecule has 1 aliphatic rings. The van der Waals surface area contributed by atoms with E-state index in [0.29, 0.717) is 5.15 Å². The number of halogens is 1. The summed E-state index contributed by atoms with van der Waals surface area (Å²) in [4.78, 5) is 13.3.